The number of Topliss-reactive ketones (excluding diaryl/α,β-unsaturated/α-hetero) is 1. The number of ketones is 1. The van der Waals surface area contributed by atoms with Gasteiger partial charge in [-0.2, -0.15) is 13.2 Å². The highest BCUT2D eigenvalue weighted by Crippen LogP contribution is 2.30. The molecule has 5 heteroatoms. The van der Waals surface area contributed by atoms with Crippen LogP contribution in [-0.2, 0) is 11.0 Å². The van der Waals surface area contributed by atoms with E-state index < -0.39 is 11.7 Å². The van der Waals surface area contributed by atoms with Crippen LogP contribution in [0.2, 0.25) is 0 Å². The van der Waals surface area contributed by atoms with Crippen molar-refractivity contribution >= 4 is 5.78 Å². The van der Waals surface area contributed by atoms with Gasteiger partial charge in [0, 0.05) is 5.92 Å². The first-order valence-corrected chi connectivity index (χ1v) is 5.67. The highest BCUT2D eigenvalue weighted by atomic mass is 19.4. The van der Waals surface area contributed by atoms with Gasteiger partial charge < -0.3 is 4.74 Å². The van der Waals surface area contributed by atoms with Crippen molar-refractivity contribution in [3.8, 4) is 5.75 Å². The molecule has 0 heterocycles. The van der Waals surface area contributed by atoms with Crippen molar-refractivity contribution in [2.24, 2.45) is 5.92 Å². The molecule has 100 valence electrons. The Kier molecular flexibility index (Phi) is 4.76. The van der Waals surface area contributed by atoms with Crippen LogP contribution >= 0.6 is 0 Å². The number of carbonyl (C=O) groups excluding carboxylic acids is 1. The topological polar surface area (TPSA) is 26.3 Å². The molecule has 0 bridgehead atoms. The molecule has 0 saturated carbocycles. The minimum Gasteiger partial charge on any atom is -0.486 e. The molecule has 1 atom stereocenters. The average Bonchev–Trinajstić information content (AvgIpc) is 2.34. The van der Waals surface area contributed by atoms with Crippen LogP contribution in [0.25, 0.3) is 0 Å². The van der Waals surface area contributed by atoms with Crippen LogP contribution in [0.3, 0.4) is 0 Å². The zero-order valence-corrected chi connectivity index (χ0v) is 10.3. The lowest BCUT2D eigenvalue weighted by atomic mass is 10.0. The molecule has 0 saturated heterocycles. The summed E-state index contributed by atoms with van der Waals surface area (Å²) in [5.74, 6) is 0.108. The minimum atomic E-state index is -4.36. The van der Waals surface area contributed by atoms with Gasteiger partial charge in [-0.05, 0) is 30.7 Å². The second-order valence-electron chi connectivity index (χ2n) is 4.09. The zero-order chi connectivity index (χ0) is 13.8. The molecule has 1 aromatic carbocycles. The van der Waals surface area contributed by atoms with Gasteiger partial charge in [-0.25, -0.2) is 0 Å². The first-order chi connectivity index (χ1) is 8.34. The quantitative estimate of drug-likeness (QED) is 0.806. The lowest BCUT2D eigenvalue weighted by Gasteiger charge is -2.10. The van der Waals surface area contributed by atoms with E-state index in [1.54, 1.807) is 6.92 Å². The number of rotatable bonds is 5. The largest absolute Gasteiger partial charge is 0.486 e. The number of halogens is 3. The maximum absolute atomic E-state index is 12.3. The van der Waals surface area contributed by atoms with E-state index in [4.69, 9.17) is 4.74 Å². The van der Waals surface area contributed by atoms with Gasteiger partial charge in [0.2, 0.25) is 0 Å². The molecule has 0 fully saturated rings. The van der Waals surface area contributed by atoms with E-state index in [1.165, 1.54) is 12.1 Å². The Morgan fingerprint density at radius 3 is 2.28 bits per heavy atom. The van der Waals surface area contributed by atoms with Gasteiger partial charge in [0.1, 0.15) is 12.4 Å². The molecular weight excluding hydrogens is 245 g/mol. The van der Waals surface area contributed by atoms with Crippen molar-refractivity contribution in [3.63, 3.8) is 0 Å². The van der Waals surface area contributed by atoms with E-state index in [2.05, 4.69) is 0 Å². The second-order valence-corrected chi connectivity index (χ2v) is 4.09. The van der Waals surface area contributed by atoms with E-state index in [1.807, 2.05) is 6.92 Å². The number of carbonyl (C=O) groups is 1. The Labute approximate surface area is 104 Å². The van der Waals surface area contributed by atoms with Crippen molar-refractivity contribution in [3.05, 3.63) is 29.8 Å². The molecule has 0 aliphatic rings. The Morgan fingerprint density at radius 1 is 1.28 bits per heavy atom. The van der Waals surface area contributed by atoms with Crippen molar-refractivity contribution in [2.75, 3.05) is 6.61 Å². The summed E-state index contributed by atoms with van der Waals surface area (Å²) in [4.78, 5) is 11.5. The van der Waals surface area contributed by atoms with E-state index in [-0.39, 0.29) is 24.1 Å². The lowest BCUT2D eigenvalue weighted by Crippen LogP contribution is -2.18. The van der Waals surface area contributed by atoms with E-state index in [0.29, 0.717) is 0 Å². The van der Waals surface area contributed by atoms with Crippen LogP contribution in [0.1, 0.15) is 25.8 Å². The third-order valence-electron chi connectivity index (χ3n) is 2.72. The fraction of sp³-hybridized carbons (Fsp3) is 0.462. The number of hydrogen-bond donors (Lipinski definition) is 0. The molecule has 0 aromatic heterocycles. The third kappa shape index (κ3) is 4.05. The first-order valence-electron chi connectivity index (χ1n) is 5.67. The maximum Gasteiger partial charge on any atom is 0.416 e. The fourth-order valence-electron chi connectivity index (χ4n) is 1.26. The molecule has 2 nitrogen and oxygen atoms in total. The first kappa shape index (κ1) is 14.5. The van der Waals surface area contributed by atoms with Crippen LogP contribution in [0.5, 0.6) is 5.75 Å². The van der Waals surface area contributed by atoms with Gasteiger partial charge >= 0.3 is 6.18 Å². The van der Waals surface area contributed by atoms with E-state index in [0.717, 1.165) is 18.6 Å². The molecular formula is C13H15F3O2. The predicted molar refractivity (Wildman–Crippen MR) is 61.4 cm³/mol. The van der Waals surface area contributed by atoms with Crippen LogP contribution in [0.4, 0.5) is 13.2 Å². The minimum absolute atomic E-state index is 0.0580. The summed E-state index contributed by atoms with van der Waals surface area (Å²) < 4.78 is 42.0. The molecule has 0 aliphatic heterocycles. The zero-order valence-electron chi connectivity index (χ0n) is 10.3. The molecule has 1 rings (SSSR count). The molecule has 0 aliphatic carbocycles. The fourth-order valence-corrected chi connectivity index (χ4v) is 1.26. The van der Waals surface area contributed by atoms with Gasteiger partial charge in [0.05, 0.1) is 5.56 Å². The summed E-state index contributed by atoms with van der Waals surface area (Å²) in [7, 11) is 0. The summed E-state index contributed by atoms with van der Waals surface area (Å²) in [6.45, 7) is 3.57. The van der Waals surface area contributed by atoms with Gasteiger partial charge in [-0.1, -0.05) is 13.8 Å². The van der Waals surface area contributed by atoms with Crippen LogP contribution in [0.15, 0.2) is 24.3 Å². The molecule has 1 unspecified atom stereocenters. The smallest absolute Gasteiger partial charge is 0.416 e. The number of hydrogen-bond acceptors (Lipinski definition) is 2. The van der Waals surface area contributed by atoms with E-state index >= 15 is 0 Å². The van der Waals surface area contributed by atoms with Crippen molar-refractivity contribution < 1.29 is 22.7 Å². The van der Waals surface area contributed by atoms with Crippen LogP contribution in [0, 0.1) is 5.92 Å². The number of ether oxygens (including phenoxy) is 1. The highest BCUT2D eigenvalue weighted by Gasteiger charge is 2.30. The van der Waals surface area contributed by atoms with E-state index in [9.17, 15) is 18.0 Å². The van der Waals surface area contributed by atoms with Crippen LogP contribution in [-0.4, -0.2) is 12.4 Å². The molecule has 0 N–H and O–H groups in total. The summed E-state index contributed by atoms with van der Waals surface area (Å²) in [6, 6.07) is 4.30. The van der Waals surface area contributed by atoms with Gasteiger partial charge in [0.15, 0.2) is 5.78 Å². The lowest BCUT2D eigenvalue weighted by molar-refractivity contribution is -0.137. The summed E-state index contributed by atoms with van der Waals surface area (Å²) in [6.07, 6.45) is -3.64. The number of alkyl halides is 3. The third-order valence-corrected chi connectivity index (χ3v) is 2.72. The van der Waals surface area contributed by atoms with Gasteiger partial charge in [-0.3, -0.25) is 4.79 Å². The predicted octanol–water partition coefficient (Wildman–Crippen LogP) is 3.70. The monoisotopic (exact) mass is 260 g/mol. The standard InChI is InChI=1S/C13H15F3O2/c1-3-9(2)12(17)8-18-11-6-4-10(5-7-11)13(14,15)16/h4-7,9H,3,8H2,1-2H3. The molecule has 18 heavy (non-hydrogen) atoms. The Morgan fingerprint density at radius 2 is 1.83 bits per heavy atom. The number of benzene rings is 1. The Hall–Kier alpha value is -1.52. The molecule has 0 radical (unpaired) electrons. The molecule has 0 amide bonds. The Bertz CT molecular complexity index is 396. The van der Waals surface area contributed by atoms with Crippen LogP contribution < -0.4 is 4.74 Å². The highest BCUT2D eigenvalue weighted by molar-refractivity contribution is 5.82. The van der Waals surface area contributed by atoms with Crippen molar-refractivity contribution in [2.45, 2.75) is 26.4 Å². The van der Waals surface area contributed by atoms with Crippen molar-refractivity contribution in [1.29, 1.82) is 0 Å². The van der Waals surface area contributed by atoms with Gasteiger partial charge in [0.25, 0.3) is 0 Å². The Balaban J connectivity index is 2.57. The molecule has 1 aromatic rings. The maximum atomic E-state index is 12.3. The van der Waals surface area contributed by atoms with Crippen molar-refractivity contribution in [1.82, 2.24) is 0 Å². The van der Waals surface area contributed by atoms with Gasteiger partial charge in [-0.15, -0.1) is 0 Å². The summed E-state index contributed by atoms with van der Waals surface area (Å²) in [5.41, 5.74) is -0.733. The SMILES string of the molecule is CCC(C)C(=O)COc1ccc(C(F)(F)F)cc1. The summed E-state index contributed by atoms with van der Waals surface area (Å²) in [5, 5.41) is 0. The second kappa shape index (κ2) is 5.89. The average molecular weight is 260 g/mol. The normalized spacial score (nSPS) is 13.2. The molecule has 0 spiro atoms. The summed E-state index contributed by atoms with van der Waals surface area (Å²) >= 11 is 0.